The zero-order chi connectivity index (χ0) is 14.4. The van der Waals surface area contributed by atoms with Crippen molar-refractivity contribution in [2.45, 2.75) is 32.7 Å². The van der Waals surface area contributed by atoms with Gasteiger partial charge in [-0.15, -0.1) is 0 Å². The van der Waals surface area contributed by atoms with Crippen molar-refractivity contribution >= 4 is 11.9 Å². The van der Waals surface area contributed by atoms with E-state index in [0.29, 0.717) is 6.42 Å². The second-order valence-electron chi connectivity index (χ2n) is 4.69. The van der Waals surface area contributed by atoms with Crippen LogP contribution in [0.1, 0.15) is 37.2 Å². The Morgan fingerprint density at radius 2 is 2.16 bits per heavy atom. The number of hydrogen-bond donors (Lipinski definition) is 3. The number of carbonyl (C=O) groups excluding carboxylic acids is 1. The average Bonchev–Trinajstić information content (AvgIpc) is 2.27. The van der Waals surface area contributed by atoms with E-state index in [1.165, 1.54) is 6.20 Å². The third-order valence-electron chi connectivity index (χ3n) is 2.42. The van der Waals surface area contributed by atoms with E-state index in [1.807, 2.05) is 13.8 Å². The van der Waals surface area contributed by atoms with E-state index in [9.17, 15) is 14.4 Å². The molecule has 0 aromatic carbocycles. The van der Waals surface area contributed by atoms with Crippen molar-refractivity contribution in [3.63, 3.8) is 0 Å². The molecule has 0 aliphatic heterocycles. The zero-order valence-corrected chi connectivity index (χ0v) is 10.8. The molecule has 0 unspecified atom stereocenters. The van der Waals surface area contributed by atoms with Crippen molar-refractivity contribution in [3.05, 3.63) is 28.4 Å². The predicted octanol–water partition coefficient (Wildman–Crippen LogP) is 0.389. The minimum Gasteiger partial charge on any atom is -0.481 e. The third-order valence-corrected chi connectivity index (χ3v) is 2.42. The summed E-state index contributed by atoms with van der Waals surface area (Å²) in [5.74, 6) is -1.21. The van der Waals surface area contributed by atoms with Gasteiger partial charge < -0.3 is 15.4 Å². The van der Waals surface area contributed by atoms with Gasteiger partial charge in [0.05, 0.1) is 12.6 Å². The molecule has 0 saturated heterocycles. The molecule has 19 heavy (non-hydrogen) atoms. The molecule has 0 aliphatic carbocycles. The van der Waals surface area contributed by atoms with Crippen LogP contribution >= 0.6 is 0 Å². The Morgan fingerprint density at radius 3 is 2.63 bits per heavy atom. The van der Waals surface area contributed by atoms with E-state index in [1.54, 1.807) is 0 Å². The van der Waals surface area contributed by atoms with E-state index in [0.717, 1.165) is 6.20 Å². The van der Waals surface area contributed by atoms with Gasteiger partial charge in [0.15, 0.2) is 0 Å². The maximum absolute atomic E-state index is 11.8. The molecule has 104 valence electrons. The number of aliphatic carboxylic acids is 1. The maximum atomic E-state index is 11.8. The molecule has 7 heteroatoms. The lowest BCUT2D eigenvalue weighted by Crippen LogP contribution is -2.38. The minimum absolute atomic E-state index is 0.0544. The number of carboxylic acids is 1. The summed E-state index contributed by atoms with van der Waals surface area (Å²) in [6, 6.07) is -0.460. The molecule has 0 bridgehead atoms. The Balaban J connectivity index is 2.72. The highest BCUT2D eigenvalue weighted by atomic mass is 16.4. The average molecular weight is 267 g/mol. The monoisotopic (exact) mass is 267 g/mol. The van der Waals surface area contributed by atoms with Crippen LogP contribution in [0.5, 0.6) is 0 Å². The van der Waals surface area contributed by atoms with Crippen LogP contribution in [0.25, 0.3) is 0 Å². The Kier molecular flexibility index (Phi) is 5.23. The fraction of sp³-hybridized carbons (Fsp3) is 0.500. The standard InChI is InChI=1S/C12H17N3O4/c1-7(2)3-8(4-11(17)18)15-12(19)9-5-14-10(16)6-13-9/h5-8H,3-4H2,1-2H3,(H,14,16)(H,15,19)(H,17,18)/t8-/m0/s1. The Labute approximate surface area is 110 Å². The van der Waals surface area contributed by atoms with Gasteiger partial charge in [-0.1, -0.05) is 13.8 Å². The van der Waals surface area contributed by atoms with Crippen LogP contribution < -0.4 is 10.9 Å². The van der Waals surface area contributed by atoms with Gasteiger partial charge in [-0.25, -0.2) is 4.98 Å². The maximum Gasteiger partial charge on any atom is 0.305 e. The van der Waals surface area contributed by atoms with Gasteiger partial charge in [-0.05, 0) is 12.3 Å². The molecule has 1 amide bonds. The molecule has 0 spiro atoms. The van der Waals surface area contributed by atoms with Gasteiger partial charge in [-0.3, -0.25) is 14.4 Å². The summed E-state index contributed by atoms with van der Waals surface area (Å²) in [6.45, 7) is 3.89. The fourth-order valence-electron chi connectivity index (χ4n) is 1.70. The van der Waals surface area contributed by atoms with Crippen molar-refractivity contribution in [1.29, 1.82) is 0 Å². The molecular weight excluding hydrogens is 250 g/mol. The Morgan fingerprint density at radius 1 is 1.47 bits per heavy atom. The van der Waals surface area contributed by atoms with E-state index >= 15 is 0 Å². The summed E-state index contributed by atoms with van der Waals surface area (Å²) in [4.78, 5) is 39.4. The molecule has 1 aromatic heterocycles. The van der Waals surface area contributed by atoms with Crippen molar-refractivity contribution in [1.82, 2.24) is 15.3 Å². The number of aromatic nitrogens is 2. The molecule has 0 aliphatic rings. The molecule has 1 heterocycles. The van der Waals surface area contributed by atoms with Crippen LogP contribution in [0, 0.1) is 5.92 Å². The number of hydrogen-bond acceptors (Lipinski definition) is 4. The fourth-order valence-corrected chi connectivity index (χ4v) is 1.70. The van der Waals surface area contributed by atoms with Crippen LogP contribution in [-0.2, 0) is 4.79 Å². The van der Waals surface area contributed by atoms with Gasteiger partial charge in [-0.2, -0.15) is 0 Å². The number of carbonyl (C=O) groups is 2. The van der Waals surface area contributed by atoms with Gasteiger partial charge in [0.1, 0.15) is 5.69 Å². The summed E-state index contributed by atoms with van der Waals surface area (Å²) in [7, 11) is 0. The normalized spacial score (nSPS) is 12.2. The first-order valence-corrected chi connectivity index (χ1v) is 5.96. The number of H-pyrrole nitrogens is 1. The van der Waals surface area contributed by atoms with Gasteiger partial charge >= 0.3 is 5.97 Å². The lowest BCUT2D eigenvalue weighted by molar-refractivity contribution is -0.137. The van der Waals surface area contributed by atoms with Crippen molar-refractivity contribution in [3.8, 4) is 0 Å². The number of rotatable bonds is 6. The summed E-state index contributed by atoms with van der Waals surface area (Å²) < 4.78 is 0. The number of nitrogens with zero attached hydrogens (tertiary/aromatic N) is 1. The first kappa shape index (κ1) is 14.9. The molecule has 3 N–H and O–H groups in total. The minimum atomic E-state index is -0.972. The van der Waals surface area contributed by atoms with Crippen LogP contribution in [0.15, 0.2) is 17.2 Å². The number of amides is 1. The first-order valence-electron chi connectivity index (χ1n) is 5.96. The highest BCUT2D eigenvalue weighted by Gasteiger charge is 2.18. The summed E-state index contributed by atoms with van der Waals surface area (Å²) >= 11 is 0. The molecule has 0 radical (unpaired) electrons. The summed E-state index contributed by atoms with van der Waals surface area (Å²) in [6.07, 6.45) is 2.61. The topological polar surface area (TPSA) is 112 Å². The van der Waals surface area contributed by atoms with E-state index in [-0.39, 0.29) is 18.0 Å². The lowest BCUT2D eigenvalue weighted by Gasteiger charge is -2.18. The number of aromatic amines is 1. The third kappa shape index (κ3) is 5.33. The summed E-state index contributed by atoms with van der Waals surface area (Å²) in [5, 5.41) is 11.4. The largest absolute Gasteiger partial charge is 0.481 e. The van der Waals surface area contributed by atoms with Crippen molar-refractivity contribution < 1.29 is 14.7 Å². The Bertz CT molecular complexity index is 489. The SMILES string of the molecule is CC(C)C[C@@H](CC(=O)O)NC(=O)c1c[nH]c(=O)cn1. The van der Waals surface area contributed by atoms with Crippen LogP contribution in [0.2, 0.25) is 0 Å². The highest BCUT2D eigenvalue weighted by molar-refractivity contribution is 5.92. The van der Waals surface area contributed by atoms with E-state index in [4.69, 9.17) is 5.11 Å². The molecular formula is C12H17N3O4. The molecule has 1 atom stereocenters. The summed E-state index contributed by atoms with van der Waals surface area (Å²) in [5.41, 5.74) is -0.348. The second-order valence-corrected chi connectivity index (χ2v) is 4.69. The van der Waals surface area contributed by atoms with Gasteiger partial charge in [0, 0.05) is 12.2 Å². The second kappa shape index (κ2) is 6.67. The highest BCUT2D eigenvalue weighted by Crippen LogP contribution is 2.08. The van der Waals surface area contributed by atoms with E-state index in [2.05, 4.69) is 15.3 Å². The van der Waals surface area contributed by atoms with Gasteiger partial charge in [0.2, 0.25) is 0 Å². The molecule has 0 saturated carbocycles. The predicted molar refractivity (Wildman–Crippen MR) is 67.8 cm³/mol. The molecule has 0 fully saturated rings. The quantitative estimate of drug-likeness (QED) is 0.690. The molecule has 1 rings (SSSR count). The van der Waals surface area contributed by atoms with Crippen molar-refractivity contribution in [2.24, 2.45) is 5.92 Å². The molecule has 1 aromatic rings. The van der Waals surface area contributed by atoms with E-state index < -0.39 is 23.5 Å². The smallest absolute Gasteiger partial charge is 0.305 e. The van der Waals surface area contributed by atoms with Crippen LogP contribution in [0.3, 0.4) is 0 Å². The number of nitrogens with one attached hydrogen (secondary N) is 2. The van der Waals surface area contributed by atoms with Crippen LogP contribution in [-0.4, -0.2) is 33.0 Å². The number of carboxylic acid groups (broad SMARTS) is 1. The van der Waals surface area contributed by atoms with Crippen LogP contribution in [0.4, 0.5) is 0 Å². The first-order chi connectivity index (χ1) is 8.88. The Hall–Kier alpha value is -2.18. The zero-order valence-electron chi connectivity index (χ0n) is 10.8. The van der Waals surface area contributed by atoms with Crippen molar-refractivity contribution in [2.75, 3.05) is 0 Å². The molecule has 7 nitrogen and oxygen atoms in total. The van der Waals surface area contributed by atoms with Gasteiger partial charge in [0.25, 0.3) is 11.5 Å². The lowest BCUT2D eigenvalue weighted by atomic mass is 10.0.